The molecule has 1 aromatic rings. The minimum Gasteiger partial charge on any atom is -0.355 e. The third kappa shape index (κ3) is 5.66. The predicted molar refractivity (Wildman–Crippen MR) is 90.7 cm³/mol. The minimum atomic E-state index is 0.113. The third-order valence-electron chi connectivity index (χ3n) is 4.07. The number of hydrogen-bond acceptors (Lipinski definition) is 4. The number of piperazine rings is 1. The van der Waals surface area contributed by atoms with Gasteiger partial charge in [0.2, 0.25) is 5.91 Å². The molecule has 0 radical (unpaired) electrons. The summed E-state index contributed by atoms with van der Waals surface area (Å²) in [5.74, 6) is 0.595. The fourth-order valence-electron chi connectivity index (χ4n) is 2.69. The van der Waals surface area contributed by atoms with Gasteiger partial charge in [-0.15, -0.1) is 0 Å². The van der Waals surface area contributed by atoms with Gasteiger partial charge in [-0.25, -0.2) is 0 Å². The summed E-state index contributed by atoms with van der Waals surface area (Å²) in [5.41, 5.74) is 1.83. The molecule has 124 valence electrons. The Morgan fingerprint density at radius 3 is 2.52 bits per heavy atom. The quantitative estimate of drug-likeness (QED) is 0.863. The lowest BCUT2D eigenvalue weighted by Gasteiger charge is -2.34. The van der Waals surface area contributed by atoms with Crippen LogP contribution in [-0.2, 0) is 11.3 Å². The lowest BCUT2D eigenvalue weighted by molar-refractivity contribution is -0.122. The van der Waals surface area contributed by atoms with Gasteiger partial charge in [0.05, 0.1) is 18.2 Å². The summed E-state index contributed by atoms with van der Waals surface area (Å²) in [6, 6.07) is 10.0. The van der Waals surface area contributed by atoms with Crippen molar-refractivity contribution in [2.45, 2.75) is 20.4 Å². The summed E-state index contributed by atoms with van der Waals surface area (Å²) in [6.45, 7) is 9.86. The van der Waals surface area contributed by atoms with Crippen LogP contribution in [0.25, 0.3) is 0 Å². The molecule has 5 heteroatoms. The Kier molecular flexibility index (Phi) is 6.57. The zero-order valence-corrected chi connectivity index (χ0v) is 14.1. The van der Waals surface area contributed by atoms with E-state index in [0.29, 0.717) is 12.5 Å². The lowest BCUT2D eigenvalue weighted by atomic mass is 10.1. The molecule has 0 atom stereocenters. The highest BCUT2D eigenvalue weighted by Crippen LogP contribution is 2.12. The largest absolute Gasteiger partial charge is 0.355 e. The Labute approximate surface area is 138 Å². The van der Waals surface area contributed by atoms with Gasteiger partial charge in [0.15, 0.2) is 0 Å². The van der Waals surface area contributed by atoms with Gasteiger partial charge in [0, 0.05) is 39.3 Å². The van der Waals surface area contributed by atoms with Gasteiger partial charge >= 0.3 is 0 Å². The first-order valence-corrected chi connectivity index (χ1v) is 8.28. The Morgan fingerprint density at radius 1 is 1.22 bits per heavy atom. The molecule has 0 spiro atoms. The molecular weight excluding hydrogens is 288 g/mol. The highest BCUT2D eigenvalue weighted by atomic mass is 16.2. The van der Waals surface area contributed by atoms with Gasteiger partial charge in [0.25, 0.3) is 0 Å². The van der Waals surface area contributed by atoms with Crippen LogP contribution in [0.2, 0.25) is 0 Å². The summed E-state index contributed by atoms with van der Waals surface area (Å²) >= 11 is 0. The number of nitrogens with zero attached hydrogens (tertiary/aromatic N) is 3. The van der Waals surface area contributed by atoms with E-state index in [-0.39, 0.29) is 5.91 Å². The van der Waals surface area contributed by atoms with Crippen molar-refractivity contribution >= 4 is 5.91 Å². The summed E-state index contributed by atoms with van der Waals surface area (Å²) < 4.78 is 0. The molecule has 0 bridgehead atoms. The van der Waals surface area contributed by atoms with Crippen LogP contribution in [0.4, 0.5) is 0 Å². The van der Waals surface area contributed by atoms with Crippen molar-refractivity contribution in [1.82, 2.24) is 15.1 Å². The van der Waals surface area contributed by atoms with Gasteiger partial charge in [-0.2, -0.15) is 5.26 Å². The van der Waals surface area contributed by atoms with E-state index in [1.54, 1.807) is 0 Å². The molecule has 0 aromatic heterocycles. The van der Waals surface area contributed by atoms with Crippen LogP contribution in [0.3, 0.4) is 0 Å². The predicted octanol–water partition coefficient (Wildman–Crippen LogP) is 1.45. The van der Waals surface area contributed by atoms with Crippen LogP contribution in [-0.4, -0.2) is 55.0 Å². The maximum Gasteiger partial charge on any atom is 0.234 e. The molecule has 2 rings (SSSR count). The number of carbonyl (C=O) groups is 1. The molecule has 1 aliphatic heterocycles. The Hall–Kier alpha value is -1.90. The maximum atomic E-state index is 11.9. The first kappa shape index (κ1) is 17.5. The van der Waals surface area contributed by atoms with Crippen molar-refractivity contribution in [3.63, 3.8) is 0 Å². The first-order chi connectivity index (χ1) is 11.1. The molecule has 0 unspecified atom stereocenters. The molecule has 0 saturated carbocycles. The van der Waals surface area contributed by atoms with E-state index in [0.717, 1.165) is 50.4 Å². The van der Waals surface area contributed by atoms with E-state index in [1.165, 1.54) is 0 Å². The van der Waals surface area contributed by atoms with E-state index in [1.807, 2.05) is 24.3 Å². The van der Waals surface area contributed by atoms with E-state index in [2.05, 4.69) is 35.0 Å². The van der Waals surface area contributed by atoms with Crippen molar-refractivity contribution in [2.75, 3.05) is 39.3 Å². The highest BCUT2D eigenvalue weighted by Gasteiger charge is 2.19. The molecular formula is C18H26N4O. The lowest BCUT2D eigenvalue weighted by Crippen LogP contribution is -2.49. The van der Waals surface area contributed by atoms with Crippen molar-refractivity contribution < 1.29 is 4.79 Å². The normalized spacial score (nSPS) is 16.3. The maximum absolute atomic E-state index is 11.9. The number of amides is 1. The van der Waals surface area contributed by atoms with Crippen LogP contribution in [0.15, 0.2) is 24.3 Å². The van der Waals surface area contributed by atoms with Crippen molar-refractivity contribution in [3.8, 4) is 6.07 Å². The molecule has 1 N–H and O–H groups in total. The molecule has 1 amide bonds. The summed E-state index contributed by atoms with van der Waals surface area (Å²) in [6.07, 6.45) is 0. The molecule has 5 nitrogen and oxygen atoms in total. The van der Waals surface area contributed by atoms with Gasteiger partial charge in [0.1, 0.15) is 0 Å². The van der Waals surface area contributed by atoms with Gasteiger partial charge < -0.3 is 5.32 Å². The van der Waals surface area contributed by atoms with Gasteiger partial charge in [-0.1, -0.05) is 32.0 Å². The average Bonchev–Trinajstić information content (AvgIpc) is 2.55. The summed E-state index contributed by atoms with van der Waals surface area (Å²) in [5, 5.41) is 12.1. The molecule has 1 aliphatic rings. The summed E-state index contributed by atoms with van der Waals surface area (Å²) in [7, 11) is 0. The highest BCUT2D eigenvalue weighted by molar-refractivity contribution is 5.78. The molecule has 1 aromatic carbocycles. The Morgan fingerprint density at radius 2 is 1.87 bits per heavy atom. The average molecular weight is 314 g/mol. The standard InChI is InChI=1S/C18H26N4O/c1-15(2)12-20-18(23)14-22-9-7-21(8-10-22)13-17-6-4-3-5-16(17)11-19/h3-6,15H,7-10,12-14H2,1-2H3,(H,20,23). The van der Waals surface area contributed by atoms with Crippen LogP contribution in [0.1, 0.15) is 25.0 Å². The fourth-order valence-corrected chi connectivity index (χ4v) is 2.69. The van der Waals surface area contributed by atoms with Crippen molar-refractivity contribution in [3.05, 3.63) is 35.4 Å². The number of nitriles is 1. The second-order valence-electron chi connectivity index (χ2n) is 6.52. The second kappa shape index (κ2) is 8.66. The third-order valence-corrected chi connectivity index (χ3v) is 4.07. The fraction of sp³-hybridized carbons (Fsp3) is 0.556. The number of nitrogens with one attached hydrogen (secondary N) is 1. The van der Waals surface area contributed by atoms with Crippen molar-refractivity contribution in [1.29, 1.82) is 5.26 Å². The molecule has 1 heterocycles. The van der Waals surface area contributed by atoms with Crippen LogP contribution in [0, 0.1) is 17.2 Å². The Balaban J connectivity index is 1.76. The number of benzene rings is 1. The minimum absolute atomic E-state index is 0.113. The molecule has 1 saturated heterocycles. The smallest absolute Gasteiger partial charge is 0.234 e. The van der Waals surface area contributed by atoms with E-state index in [9.17, 15) is 4.79 Å². The van der Waals surface area contributed by atoms with Crippen LogP contribution >= 0.6 is 0 Å². The number of hydrogen-bond donors (Lipinski definition) is 1. The van der Waals surface area contributed by atoms with Crippen molar-refractivity contribution in [2.24, 2.45) is 5.92 Å². The first-order valence-electron chi connectivity index (χ1n) is 8.28. The molecule has 0 aliphatic carbocycles. The monoisotopic (exact) mass is 314 g/mol. The van der Waals surface area contributed by atoms with Crippen LogP contribution < -0.4 is 5.32 Å². The van der Waals surface area contributed by atoms with Gasteiger partial charge in [-0.05, 0) is 17.5 Å². The molecule has 1 fully saturated rings. The number of rotatable bonds is 6. The summed E-state index contributed by atoms with van der Waals surface area (Å²) in [4.78, 5) is 16.4. The SMILES string of the molecule is CC(C)CNC(=O)CN1CCN(Cc2ccccc2C#N)CC1. The van der Waals surface area contributed by atoms with Crippen LogP contribution in [0.5, 0.6) is 0 Å². The second-order valence-corrected chi connectivity index (χ2v) is 6.52. The van der Waals surface area contributed by atoms with E-state index >= 15 is 0 Å². The number of carbonyl (C=O) groups excluding carboxylic acids is 1. The zero-order valence-electron chi connectivity index (χ0n) is 14.1. The Bertz CT molecular complexity index is 556. The molecule has 23 heavy (non-hydrogen) atoms. The van der Waals surface area contributed by atoms with E-state index < -0.39 is 0 Å². The zero-order chi connectivity index (χ0) is 16.7. The van der Waals surface area contributed by atoms with Gasteiger partial charge in [-0.3, -0.25) is 14.6 Å². The topological polar surface area (TPSA) is 59.4 Å². The van der Waals surface area contributed by atoms with E-state index in [4.69, 9.17) is 5.26 Å².